The molecule has 0 fully saturated rings. The Labute approximate surface area is 112 Å². The normalized spacial score (nSPS) is 10.4. The first kappa shape index (κ1) is 14.3. The lowest BCUT2D eigenvalue weighted by molar-refractivity contribution is 1.16. The molecule has 0 spiro atoms. The second kappa shape index (κ2) is 7.54. The second-order valence-electron chi connectivity index (χ2n) is 3.62. The van der Waals surface area contributed by atoms with Gasteiger partial charge in [-0.2, -0.15) is 0 Å². The largest absolute Gasteiger partial charge is 0.355 e. The maximum Gasteiger partial charge on any atom is 0.0420 e. The van der Waals surface area contributed by atoms with Crippen molar-refractivity contribution in [3.63, 3.8) is 0 Å². The van der Waals surface area contributed by atoms with Crippen molar-refractivity contribution in [2.45, 2.75) is 34.1 Å². The van der Waals surface area contributed by atoms with Crippen molar-refractivity contribution in [3.05, 3.63) is 59.7 Å². The number of hydrogen-bond donors (Lipinski definition) is 1. The molecule has 1 aliphatic heterocycles. The summed E-state index contributed by atoms with van der Waals surface area (Å²) < 4.78 is 0. The van der Waals surface area contributed by atoms with Gasteiger partial charge in [0, 0.05) is 19.2 Å². The van der Waals surface area contributed by atoms with Gasteiger partial charge in [0.05, 0.1) is 0 Å². The maximum absolute atomic E-state index is 3.44. The van der Waals surface area contributed by atoms with Crippen molar-refractivity contribution in [1.82, 2.24) is 0 Å². The zero-order chi connectivity index (χ0) is 13.4. The first-order valence-corrected chi connectivity index (χ1v) is 6.86. The molecule has 3 rings (SSSR count). The van der Waals surface area contributed by atoms with Gasteiger partial charge in [-0.1, -0.05) is 64.1 Å². The van der Waals surface area contributed by atoms with E-state index in [1.54, 1.807) is 0 Å². The zero-order valence-electron chi connectivity index (χ0n) is 11.8. The van der Waals surface area contributed by atoms with Gasteiger partial charge in [0.25, 0.3) is 0 Å². The van der Waals surface area contributed by atoms with Crippen molar-refractivity contribution < 1.29 is 1.43 Å². The molecule has 18 heavy (non-hydrogen) atoms. The minimum Gasteiger partial charge on any atom is -0.355 e. The molecule has 0 atom stereocenters. The molecular formula is C17H25N. The van der Waals surface area contributed by atoms with Crippen molar-refractivity contribution in [1.29, 1.82) is 0 Å². The topological polar surface area (TPSA) is 12.0 Å². The Balaban J connectivity index is 0.000000597. The van der Waals surface area contributed by atoms with Gasteiger partial charge in [0.15, 0.2) is 0 Å². The SMILES string of the molecule is CC.CC.[HH].c1ccc2c(c1)Cc1ccccc1N2. The molecule has 0 aliphatic carbocycles. The Morgan fingerprint density at radius 2 is 1.11 bits per heavy atom. The Morgan fingerprint density at radius 3 is 1.56 bits per heavy atom. The first-order chi connectivity index (χ1) is 8.93. The molecule has 1 nitrogen and oxygen atoms in total. The summed E-state index contributed by atoms with van der Waals surface area (Å²) in [5.41, 5.74) is 5.25. The standard InChI is InChI=1S/C13H11N.2C2H6.H2/c1-3-7-12-10(5-1)9-11-6-2-4-8-13(11)14-12;2*1-2;/h1-8,14H,9H2;2*1-2H3;1H. The third kappa shape index (κ3) is 3.13. The first-order valence-electron chi connectivity index (χ1n) is 6.86. The molecule has 2 aromatic rings. The van der Waals surface area contributed by atoms with Crippen LogP contribution in [0.1, 0.15) is 40.2 Å². The zero-order valence-corrected chi connectivity index (χ0v) is 11.8. The third-order valence-corrected chi connectivity index (χ3v) is 2.68. The van der Waals surface area contributed by atoms with Crippen LogP contribution in [0.2, 0.25) is 0 Å². The van der Waals surface area contributed by atoms with Crippen LogP contribution < -0.4 is 5.32 Å². The molecule has 0 bridgehead atoms. The van der Waals surface area contributed by atoms with E-state index >= 15 is 0 Å². The molecule has 0 saturated heterocycles. The van der Waals surface area contributed by atoms with Crippen molar-refractivity contribution >= 4 is 11.4 Å². The highest BCUT2D eigenvalue weighted by molar-refractivity contribution is 5.71. The number of benzene rings is 2. The number of hydrogen-bond acceptors (Lipinski definition) is 1. The monoisotopic (exact) mass is 243 g/mol. The van der Waals surface area contributed by atoms with Crippen molar-refractivity contribution in [2.75, 3.05) is 5.32 Å². The predicted molar refractivity (Wildman–Crippen MR) is 83.8 cm³/mol. The molecule has 2 aromatic carbocycles. The lowest BCUT2D eigenvalue weighted by Crippen LogP contribution is -2.05. The van der Waals surface area contributed by atoms with Gasteiger partial charge in [-0.15, -0.1) is 0 Å². The Bertz CT molecular complexity index is 393. The average Bonchev–Trinajstić information content (AvgIpc) is 2.49. The number of nitrogens with one attached hydrogen (secondary N) is 1. The number of anilines is 2. The average molecular weight is 243 g/mol. The van der Waals surface area contributed by atoms with Crippen LogP contribution in [0.5, 0.6) is 0 Å². The molecule has 0 amide bonds. The smallest absolute Gasteiger partial charge is 0.0420 e. The Kier molecular flexibility index (Phi) is 5.99. The maximum atomic E-state index is 3.44. The molecule has 1 aliphatic rings. The van der Waals surface area contributed by atoms with E-state index in [-0.39, 0.29) is 1.43 Å². The van der Waals surface area contributed by atoms with Crippen LogP contribution >= 0.6 is 0 Å². The summed E-state index contributed by atoms with van der Waals surface area (Å²) in [6, 6.07) is 16.9. The molecule has 0 unspecified atom stereocenters. The van der Waals surface area contributed by atoms with Crippen LogP contribution in [-0.2, 0) is 6.42 Å². The van der Waals surface area contributed by atoms with Gasteiger partial charge in [-0.25, -0.2) is 0 Å². The van der Waals surface area contributed by atoms with Crippen LogP contribution in [0, 0.1) is 0 Å². The molecule has 1 heterocycles. The third-order valence-electron chi connectivity index (χ3n) is 2.68. The summed E-state index contributed by atoms with van der Waals surface area (Å²) in [7, 11) is 0. The minimum absolute atomic E-state index is 0. The summed E-state index contributed by atoms with van der Waals surface area (Å²) in [4.78, 5) is 0. The molecule has 0 radical (unpaired) electrons. The second-order valence-corrected chi connectivity index (χ2v) is 3.62. The molecule has 1 heteroatoms. The summed E-state index contributed by atoms with van der Waals surface area (Å²) in [5.74, 6) is 0. The number of fused-ring (bicyclic) bond motifs is 2. The van der Waals surface area contributed by atoms with E-state index in [1.165, 1.54) is 22.5 Å². The van der Waals surface area contributed by atoms with Gasteiger partial charge in [-0.05, 0) is 23.3 Å². The molecule has 98 valence electrons. The quantitative estimate of drug-likeness (QED) is 0.539. The van der Waals surface area contributed by atoms with Gasteiger partial charge in [0.2, 0.25) is 0 Å². The summed E-state index contributed by atoms with van der Waals surface area (Å²) in [6.07, 6.45) is 1.04. The van der Waals surface area contributed by atoms with Crippen LogP contribution in [-0.4, -0.2) is 0 Å². The minimum atomic E-state index is 0. The lowest BCUT2D eigenvalue weighted by atomic mass is 9.98. The highest BCUT2D eigenvalue weighted by Gasteiger charge is 2.12. The molecule has 1 N–H and O–H groups in total. The Hall–Kier alpha value is -1.76. The van der Waals surface area contributed by atoms with Crippen LogP contribution in [0.25, 0.3) is 0 Å². The van der Waals surface area contributed by atoms with Gasteiger partial charge in [0.1, 0.15) is 0 Å². The van der Waals surface area contributed by atoms with Crippen LogP contribution in [0.15, 0.2) is 48.5 Å². The van der Waals surface area contributed by atoms with E-state index in [1.807, 2.05) is 27.7 Å². The van der Waals surface area contributed by atoms with E-state index in [2.05, 4.69) is 53.8 Å². The lowest BCUT2D eigenvalue weighted by Gasteiger charge is -2.20. The van der Waals surface area contributed by atoms with E-state index in [0.29, 0.717) is 0 Å². The molecular weight excluding hydrogens is 218 g/mol. The van der Waals surface area contributed by atoms with E-state index in [0.717, 1.165) is 6.42 Å². The number of rotatable bonds is 0. The highest BCUT2D eigenvalue weighted by Crippen LogP contribution is 2.31. The molecule has 0 aromatic heterocycles. The summed E-state index contributed by atoms with van der Waals surface area (Å²) >= 11 is 0. The fourth-order valence-electron chi connectivity index (χ4n) is 1.94. The van der Waals surface area contributed by atoms with Gasteiger partial charge < -0.3 is 5.32 Å². The highest BCUT2D eigenvalue weighted by atomic mass is 14.9. The van der Waals surface area contributed by atoms with Crippen LogP contribution in [0.4, 0.5) is 11.4 Å². The fraction of sp³-hybridized carbons (Fsp3) is 0.294. The fourth-order valence-corrected chi connectivity index (χ4v) is 1.94. The van der Waals surface area contributed by atoms with Gasteiger partial charge in [-0.3, -0.25) is 0 Å². The summed E-state index contributed by atoms with van der Waals surface area (Å²) in [5, 5.41) is 3.44. The molecule has 0 saturated carbocycles. The van der Waals surface area contributed by atoms with E-state index in [9.17, 15) is 0 Å². The van der Waals surface area contributed by atoms with Crippen LogP contribution in [0.3, 0.4) is 0 Å². The van der Waals surface area contributed by atoms with E-state index in [4.69, 9.17) is 0 Å². The van der Waals surface area contributed by atoms with E-state index < -0.39 is 0 Å². The summed E-state index contributed by atoms with van der Waals surface area (Å²) in [6.45, 7) is 8.00. The predicted octanol–water partition coefficient (Wildman–Crippen LogP) is 5.63. The number of para-hydroxylation sites is 2. The van der Waals surface area contributed by atoms with Crippen molar-refractivity contribution in [2.24, 2.45) is 0 Å². The Morgan fingerprint density at radius 1 is 0.722 bits per heavy atom. The van der Waals surface area contributed by atoms with Crippen molar-refractivity contribution in [3.8, 4) is 0 Å². The van der Waals surface area contributed by atoms with Gasteiger partial charge >= 0.3 is 0 Å².